The van der Waals surface area contributed by atoms with Crippen LogP contribution in [0.15, 0.2) is 35.3 Å². The van der Waals surface area contributed by atoms with E-state index in [9.17, 15) is 0 Å². The second-order valence-corrected chi connectivity index (χ2v) is 8.11. The fourth-order valence-corrected chi connectivity index (χ4v) is 3.41. The summed E-state index contributed by atoms with van der Waals surface area (Å²) in [5.41, 5.74) is 1.40. The minimum Gasteiger partial charge on any atom is -0.379 e. The molecule has 6 nitrogen and oxygen atoms in total. The Labute approximate surface area is 171 Å². The van der Waals surface area contributed by atoms with Crippen LogP contribution in [0.3, 0.4) is 0 Å². The Morgan fingerprint density at radius 1 is 1.18 bits per heavy atom. The Bertz CT molecular complexity index is 570. The zero-order valence-electron chi connectivity index (χ0n) is 18.2. The number of aliphatic imine (C=N–C) groups is 1. The summed E-state index contributed by atoms with van der Waals surface area (Å²) in [6.07, 6.45) is 1.08. The van der Waals surface area contributed by atoms with Gasteiger partial charge in [-0.25, -0.2) is 0 Å². The smallest absolute Gasteiger partial charge is 0.191 e. The van der Waals surface area contributed by atoms with Crippen molar-refractivity contribution in [2.75, 3.05) is 59.5 Å². The first-order valence-corrected chi connectivity index (χ1v) is 10.6. The third-order valence-electron chi connectivity index (χ3n) is 5.14. The number of morpholine rings is 1. The van der Waals surface area contributed by atoms with Crippen molar-refractivity contribution in [2.45, 2.75) is 39.3 Å². The van der Waals surface area contributed by atoms with Gasteiger partial charge in [0.1, 0.15) is 0 Å². The summed E-state index contributed by atoms with van der Waals surface area (Å²) in [6, 6.07) is 10.6. The third kappa shape index (κ3) is 8.17. The van der Waals surface area contributed by atoms with Gasteiger partial charge in [0, 0.05) is 38.3 Å². The molecule has 2 rings (SSSR count). The van der Waals surface area contributed by atoms with Crippen molar-refractivity contribution in [1.82, 2.24) is 20.4 Å². The lowest BCUT2D eigenvalue weighted by atomic mass is 10.0. The first kappa shape index (κ1) is 22.7. The van der Waals surface area contributed by atoms with Crippen LogP contribution in [0.2, 0.25) is 0 Å². The van der Waals surface area contributed by atoms with Gasteiger partial charge in [0.05, 0.1) is 19.8 Å². The number of nitrogens with zero attached hydrogens (tertiary/aromatic N) is 3. The van der Waals surface area contributed by atoms with Gasteiger partial charge in [-0.1, -0.05) is 30.3 Å². The number of benzene rings is 1. The van der Waals surface area contributed by atoms with Crippen LogP contribution in [0.25, 0.3) is 0 Å². The highest BCUT2D eigenvalue weighted by Crippen LogP contribution is 2.16. The summed E-state index contributed by atoms with van der Waals surface area (Å²) in [6.45, 7) is 14.9. The molecule has 0 saturated carbocycles. The lowest BCUT2D eigenvalue weighted by Crippen LogP contribution is -2.52. The van der Waals surface area contributed by atoms with E-state index in [0.29, 0.717) is 0 Å². The van der Waals surface area contributed by atoms with Gasteiger partial charge in [0.15, 0.2) is 5.96 Å². The molecule has 1 fully saturated rings. The average Bonchev–Trinajstić information content (AvgIpc) is 2.71. The maximum Gasteiger partial charge on any atom is 0.191 e. The highest BCUT2D eigenvalue weighted by atomic mass is 16.5. The highest BCUT2D eigenvalue weighted by molar-refractivity contribution is 5.79. The molecule has 0 amide bonds. The zero-order chi connectivity index (χ0) is 20.2. The van der Waals surface area contributed by atoms with Crippen molar-refractivity contribution < 1.29 is 4.74 Å². The molecule has 0 spiro atoms. The van der Waals surface area contributed by atoms with Gasteiger partial charge in [-0.15, -0.1) is 0 Å². The van der Waals surface area contributed by atoms with Crippen LogP contribution in [0, 0.1) is 0 Å². The van der Waals surface area contributed by atoms with Gasteiger partial charge in [-0.2, -0.15) is 0 Å². The zero-order valence-corrected chi connectivity index (χ0v) is 18.2. The summed E-state index contributed by atoms with van der Waals surface area (Å²) in [5, 5.41) is 6.85. The van der Waals surface area contributed by atoms with E-state index < -0.39 is 0 Å². The Morgan fingerprint density at radius 3 is 2.57 bits per heavy atom. The Hall–Kier alpha value is -1.63. The predicted octanol–water partition coefficient (Wildman–Crippen LogP) is 2.17. The second-order valence-electron chi connectivity index (χ2n) is 8.11. The van der Waals surface area contributed by atoms with Crippen LogP contribution in [0.5, 0.6) is 0 Å². The van der Waals surface area contributed by atoms with E-state index in [4.69, 9.17) is 9.73 Å². The molecular formula is C22H39N5O. The lowest BCUT2D eigenvalue weighted by molar-refractivity contribution is -0.00683. The molecule has 1 aliphatic heterocycles. The summed E-state index contributed by atoms with van der Waals surface area (Å²) in [7, 11) is 2.18. The van der Waals surface area contributed by atoms with E-state index in [-0.39, 0.29) is 5.54 Å². The van der Waals surface area contributed by atoms with Crippen molar-refractivity contribution in [3.63, 3.8) is 0 Å². The quantitative estimate of drug-likeness (QED) is 0.365. The van der Waals surface area contributed by atoms with Crippen LogP contribution in [-0.2, 0) is 11.3 Å². The summed E-state index contributed by atoms with van der Waals surface area (Å²) in [4.78, 5) is 9.68. The van der Waals surface area contributed by atoms with Gasteiger partial charge in [0.2, 0.25) is 0 Å². The average molecular weight is 390 g/mol. The van der Waals surface area contributed by atoms with Crippen LogP contribution in [0.4, 0.5) is 0 Å². The van der Waals surface area contributed by atoms with E-state index in [1.807, 2.05) is 0 Å². The minimum absolute atomic E-state index is 0.0437. The molecule has 0 unspecified atom stereocenters. The molecule has 1 aromatic carbocycles. The topological polar surface area (TPSA) is 52.1 Å². The van der Waals surface area contributed by atoms with Gasteiger partial charge in [0.25, 0.3) is 0 Å². The van der Waals surface area contributed by atoms with Crippen LogP contribution < -0.4 is 10.6 Å². The van der Waals surface area contributed by atoms with Gasteiger partial charge < -0.3 is 20.3 Å². The van der Waals surface area contributed by atoms with E-state index in [2.05, 4.69) is 78.6 Å². The molecule has 0 radical (unpaired) electrons. The summed E-state index contributed by atoms with van der Waals surface area (Å²) >= 11 is 0. The maximum absolute atomic E-state index is 5.48. The lowest BCUT2D eigenvalue weighted by Gasteiger charge is -2.39. The van der Waals surface area contributed by atoms with Crippen LogP contribution in [-0.4, -0.2) is 80.8 Å². The van der Waals surface area contributed by atoms with E-state index in [1.165, 1.54) is 5.56 Å². The van der Waals surface area contributed by atoms with E-state index in [1.54, 1.807) is 0 Å². The summed E-state index contributed by atoms with van der Waals surface area (Å²) < 4.78 is 5.48. The van der Waals surface area contributed by atoms with Gasteiger partial charge in [-0.3, -0.25) is 9.89 Å². The SMILES string of the molecule is CCNC(=NCC(C)(C)N1CCOCC1)NCCCN(C)Cc1ccccc1. The number of guanidine groups is 1. The number of ether oxygens (including phenoxy) is 1. The van der Waals surface area contributed by atoms with Crippen LogP contribution >= 0.6 is 0 Å². The van der Waals surface area contributed by atoms with Gasteiger partial charge in [-0.05, 0) is 46.3 Å². The fourth-order valence-electron chi connectivity index (χ4n) is 3.41. The third-order valence-corrected chi connectivity index (χ3v) is 5.14. The highest BCUT2D eigenvalue weighted by Gasteiger charge is 2.28. The Balaban J connectivity index is 1.73. The second kappa shape index (κ2) is 12.0. The number of hydrogen-bond donors (Lipinski definition) is 2. The number of hydrogen-bond acceptors (Lipinski definition) is 4. The number of nitrogens with one attached hydrogen (secondary N) is 2. The first-order valence-electron chi connectivity index (χ1n) is 10.6. The molecule has 28 heavy (non-hydrogen) atoms. The molecule has 0 aliphatic carbocycles. The fraction of sp³-hybridized carbons (Fsp3) is 0.682. The standard InChI is InChI=1S/C22H39N5O/c1-5-23-21(25-19-22(2,3)27-14-16-28-17-15-27)24-12-9-13-26(4)18-20-10-7-6-8-11-20/h6-8,10-11H,5,9,12-19H2,1-4H3,(H2,23,24,25). The monoisotopic (exact) mass is 389 g/mol. The van der Waals surface area contributed by atoms with Gasteiger partial charge >= 0.3 is 0 Å². The largest absolute Gasteiger partial charge is 0.379 e. The predicted molar refractivity (Wildman–Crippen MR) is 118 cm³/mol. The maximum atomic E-state index is 5.48. The molecule has 1 heterocycles. The molecule has 6 heteroatoms. The molecular weight excluding hydrogens is 350 g/mol. The molecule has 0 bridgehead atoms. The van der Waals surface area contributed by atoms with Crippen molar-refractivity contribution in [1.29, 1.82) is 0 Å². The van der Waals surface area contributed by atoms with Crippen molar-refractivity contribution in [2.24, 2.45) is 4.99 Å². The number of rotatable bonds is 10. The minimum atomic E-state index is 0.0437. The van der Waals surface area contributed by atoms with Crippen molar-refractivity contribution in [3.05, 3.63) is 35.9 Å². The molecule has 0 atom stereocenters. The van der Waals surface area contributed by atoms with E-state index in [0.717, 1.165) is 71.4 Å². The molecule has 0 aromatic heterocycles. The molecule has 1 saturated heterocycles. The first-order chi connectivity index (χ1) is 13.5. The summed E-state index contributed by atoms with van der Waals surface area (Å²) in [5.74, 6) is 0.912. The Morgan fingerprint density at radius 2 is 1.89 bits per heavy atom. The van der Waals surface area contributed by atoms with E-state index >= 15 is 0 Å². The normalized spacial score (nSPS) is 16.4. The molecule has 1 aliphatic rings. The molecule has 1 aromatic rings. The van der Waals surface area contributed by atoms with Crippen LogP contribution in [0.1, 0.15) is 32.8 Å². The molecule has 158 valence electrons. The molecule has 2 N–H and O–H groups in total. The van der Waals surface area contributed by atoms with Crippen molar-refractivity contribution in [3.8, 4) is 0 Å². The Kier molecular flexibility index (Phi) is 9.75. The van der Waals surface area contributed by atoms with Crippen molar-refractivity contribution >= 4 is 5.96 Å².